The highest BCUT2D eigenvalue weighted by Gasteiger charge is 2.04. The van der Waals surface area contributed by atoms with Gasteiger partial charge in [0.15, 0.2) is 5.96 Å². The SMILES string of the molecule is CCNC(=NCc1ccc(C#N)cc1)NCCc1cccc(C(=O)NC)c1. The van der Waals surface area contributed by atoms with E-state index in [2.05, 4.69) is 27.0 Å². The normalized spacial score (nSPS) is 10.8. The molecule has 0 heterocycles. The number of amides is 1. The van der Waals surface area contributed by atoms with E-state index >= 15 is 0 Å². The maximum atomic E-state index is 11.7. The fraction of sp³-hybridized carbons (Fsp3) is 0.286. The molecule has 0 saturated heterocycles. The van der Waals surface area contributed by atoms with Crippen molar-refractivity contribution in [1.29, 1.82) is 5.26 Å². The molecular formula is C21H25N5O. The van der Waals surface area contributed by atoms with E-state index in [9.17, 15) is 4.79 Å². The number of carbonyl (C=O) groups excluding carboxylic acids is 1. The molecule has 0 aliphatic heterocycles. The Bertz CT molecular complexity index is 821. The molecule has 0 atom stereocenters. The Morgan fingerprint density at radius 2 is 1.89 bits per heavy atom. The molecule has 0 aliphatic rings. The molecule has 27 heavy (non-hydrogen) atoms. The fourth-order valence-electron chi connectivity index (χ4n) is 2.53. The molecule has 2 aromatic rings. The summed E-state index contributed by atoms with van der Waals surface area (Å²) in [6.45, 7) is 4.03. The second kappa shape index (κ2) is 10.6. The lowest BCUT2D eigenvalue weighted by molar-refractivity contribution is 0.0963. The summed E-state index contributed by atoms with van der Waals surface area (Å²) < 4.78 is 0. The molecule has 0 unspecified atom stereocenters. The first-order chi connectivity index (χ1) is 13.2. The van der Waals surface area contributed by atoms with E-state index < -0.39 is 0 Å². The van der Waals surface area contributed by atoms with Crippen molar-refractivity contribution < 1.29 is 4.79 Å². The molecule has 0 aromatic heterocycles. The van der Waals surface area contributed by atoms with Gasteiger partial charge in [-0.1, -0.05) is 24.3 Å². The van der Waals surface area contributed by atoms with Crippen LogP contribution >= 0.6 is 0 Å². The molecule has 0 spiro atoms. The molecule has 0 radical (unpaired) electrons. The van der Waals surface area contributed by atoms with Gasteiger partial charge >= 0.3 is 0 Å². The van der Waals surface area contributed by atoms with Crippen molar-refractivity contribution in [3.05, 3.63) is 70.8 Å². The van der Waals surface area contributed by atoms with Crippen molar-refractivity contribution in [2.75, 3.05) is 20.1 Å². The minimum Gasteiger partial charge on any atom is -0.357 e. The number of rotatable bonds is 7. The van der Waals surface area contributed by atoms with Crippen LogP contribution in [0.2, 0.25) is 0 Å². The molecule has 0 saturated carbocycles. The third-order valence-corrected chi connectivity index (χ3v) is 3.97. The summed E-state index contributed by atoms with van der Waals surface area (Å²) in [7, 11) is 1.63. The molecule has 6 nitrogen and oxygen atoms in total. The average molecular weight is 363 g/mol. The number of nitrogens with zero attached hydrogens (tertiary/aromatic N) is 2. The van der Waals surface area contributed by atoms with E-state index in [0.29, 0.717) is 24.2 Å². The molecule has 0 aliphatic carbocycles. The Hall–Kier alpha value is -3.33. The lowest BCUT2D eigenvalue weighted by atomic mass is 10.1. The zero-order valence-corrected chi connectivity index (χ0v) is 15.7. The lowest BCUT2D eigenvalue weighted by Gasteiger charge is -2.12. The van der Waals surface area contributed by atoms with Gasteiger partial charge in [0.2, 0.25) is 0 Å². The van der Waals surface area contributed by atoms with Crippen molar-refractivity contribution in [2.24, 2.45) is 4.99 Å². The van der Waals surface area contributed by atoms with Crippen LogP contribution in [0.1, 0.15) is 34.0 Å². The standard InChI is InChI=1S/C21H25N5O/c1-3-24-21(26-15-18-9-7-17(14-22)8-10-18)25-12-11-16-5-4-6-19(13-16)20(27)23-2/h4-10,13H,3,11-12,15H2,1-2H3,(H,23,27)(H2,24,25,26). The summed E-state index contributed by atoms with van der Waals surface area (Å²) in [5.74, 6) is 0.659. The topological polar surface area (TPSA) is 89.3 Å². The average Bonchev–Trinajstić information content (AvgIpc) is 2.72. The molecule has 0 fully saturated rings. The Morgan fingerprint density at radius 3 is 2.56 bits per heavy atom. The number of aliphatic imine (C=N–C) groups is 1. The first-order valence-electron chi connectivity index (χ1n) is 8.98. The predicted molar refractivity (Wildman–Crippen MR) is 108 cm³/mol. The van der Waals surface area contributed by atoms with Crippen molar-refractivity contribution in [1.82, 2.24) is 16.0 Å². The molecular weight excluding hydrogens is 338 g/mol. The molecule has 0 bridgehead atoms. The summed E-state index contributed by atoms with van der Waals surface area (Å²) in [6.07, 6.45) is 0.784. The van der Waals surface area contributed by atoms with Crippen molar-refractivity contribution in [2.45, 2.75) is 19.9 Å². The maximum absolute atomic E-state index is 11.7. The number of guanidine groups is 1. The van der Waals surface area contributed by atoms with E-state index in [-0.39, 0.29) is 5.91 Å². The van der Waals surface area contributed by atoms with Crippen LogP contribution in [0, 0.1) is 11.3 Å². The molecule has 1 amide bonds. The molecule has 2 aromatic carbocycles. The van der Waals surface area contributed by atoms with Crippen molar-refractivity contribution in [3.63, 3.8) is 0 Å². The van der Waals surface area contributed by atoms with Crippen LogP contribution < -0.4 is 16.0 Å². The number of nitrogens with one attached hydrogen (secondary N) is 3. The fourth-order valence-corrected chi connectivity index (χ4v) is 2.53. The van der Waals surface area contributed by atoms with Crippen LogP contribution in [0.5, 0.6) is 0 Å². The molecule has 2 rings (SSSR count). The highest BCUT2D eigenvalue weighted by atomic mass is 16.1. The second-order valence-electron chi connectivity index (χ2n) is 5.96. The smallest absolute Gasteiger partial charge is 0.251 e. The van der Waals surface area contributed by atoms with E-state index in [4.69, 9.17) is 5.26 Å². The van der Waals surface area contributed by atoms with Gasteiger partial charge in [-0.3, -0.25) is 4.79 Å². The van der Waals surface area contributed by atoms with E-state index in [1.165, 1.54) is 0 Å². The molecule has 140 valence electrons. The predicted octanol–water partition coefficient (Wildman–Crippen LogP) is 2.22. The van der Waals surface area contributed by atoms with Gasteiger partial charge in [0.25, 0.3) is 5.91 Å². The van der Waals surface area contributed by atoms with Gasteiger partial charge in [0, 0.05) is 25.7 Å². The Balaban J connectivity index is 1.92. The van der Waals surface area contributed by atoms with Crippen molar-refractivity contribution >= 4 is 11.9 Å². The summed E-state index contributed by atoms with van der Waals surface area (Å²) >= 11 is 0. The Labute approximate surface area is 160 Å². The van der Waals surface area contributed by atoms with Crippen LogP contribution in [-0.4, -0.2) is 32.0 Å². The third-order valence-electron chi connectivity index (χ3n) is 3.97. The number of benzene rings is 2. The monoisotopic (exact) mass is 363 g/mol. The number of nitriles is 1. The van der Waals surface area contributed by atoms with Gasteiger partial charge in [-0.15, -0.1) is 0 Å². The zero-order valence-electron chi connectivity index (χ0n) is 15.7. The minimum atomic E-state index is -0.0814. The maximum Gasteiger partial charge on any atom is 0.251 e. The number of hydrogen-bond donors (Lipinski definition) is 3. The quantitative estimate of drug-likeness (QED) is 0.520. The first kappa shape index (κ1) is 20.0. The number of hydrogen-bond acceptors (Lipinski definition) is 3. The van der Waals surface area contributed by atoms with Gasteiger partial charge in [-0.05, 0) is 48.7 Å². The van der Waals surface area contributed by atoms with Crippen LogP contribution in [0.25, 0.3) is 0 Å². The summed E-state index contributed by atoms with van der Waals surface area (Å²) in [4.78, 5) is 16.3. The van der Waals surface area contributed by atoms with Gasteiger partial charge in [0.05, 0.1) is 18.2 Å². The molecule has 3 N–H and O–H groups in total. The van der Waals surface area contributed by atoms with E-state index in [1.54, 1.807) is 25.2 Å². The Kier molecular flexibility index (Phi) is 7.86. The summed E-state index contributed by atoms with van der Waals surface area (Å²) in [5, 5.41) is 18.0. The zero-order chi connectivity index (χ0) is 19.5. The first-order valence-corrected chi connectivity index (χ1v) is 8.98. The van der Waals surface area contributed by atoms with E-state index in [0.717, 1.165) is 30.1 Å². The highest BCUT2D eigenvalue weighted by molar-refractivity contribution is 5.94. The van der Waals surface area contributed by atoms with Crippen LogP contribution in [-0.2, 0) is 13.0 Å². The molecule has 6 heteroatoms. The third kappa shape index (κ3) is 6.48. The largest absolute Gasteiger partial charge is 0.357 e. The lowest BCUT2D eigenvalue weighted by Crippen LogP contribution is -2.38. The van der Waals surface area contributed by atoms with Gasteiger partial charge in [-0.25, -0.2) is 4.99 Å². The highest BCUT2D eigenvalue weighted by Crippen LogP contribution is 2.06. The van der Waals surface area contributed by atoms with E-state index in [1.807, 2.05) is 37.3 Å². The number of carbonyl (C=O) groups is 1. The van der Waals surface area contributed by atoms with Crippen LogP contribution in [0.3, 0.4) is 0 Å². The van der Waals surface area contributed by atoms with Crippen LogP contribution in [0.15, 0.2) is 53.5 Å². The van der Waals surface area contributed by atoms with Gasteiger partial charge in [-0.2, -0.15) is 5.26 Å². The Morgan fingerprint density at radius 1 is 1.11 bits per heavy atom. The van der Waals surface area contributed by atoms with Crippen LogP contribution in [0.4, 0.5) is 0 Å². The second-order valence-corrected chi connectivity index (χ2v) is 5.96. The summed E-state index contributed by atoms with van der Waals surface area (Å²) in [6, 6.07) is 17.1. The minimum absolute atomic E-state index is 0.0814. The van der Waals surface area contributed by atoms with Gasteiger partial charge < -0.3 is 16.0 Å². The van der Waals surface area contributed by atoms with Crippen molar-refractivity contribution in [3.8, 4) is 6.07 Å². The summed E-state index contributed by atoms with van der Waals surface area (Å²) in [5.41, 5.74) is 3.44. The van der Waals surface area contributed by atoms with Gasteiger partial charge in [0.1, 0.15) is 0 Å².